The molecule has 0 spiro atoms. The highest BCUT2D eigenvalue weighted by atomic mass is 32.2. The SMILES string of the molecule is Cc1ccc(-n2c(SC(C)C(=O)NC3(C#N)CCCCC3)nc3ccccc3c2=O)cc1F. The van der Waals surface area contributed by atoms with Crippen LogP contribution < -0.4 is 10.9 Å². The zero-order valence-electron chi connectivity index (χ0n) is 18.6. The van der Waals surface area contributed by atoms with E-state index >= 15 is 0 Å². The fourth-order valence-electron chi connectivity index (χ4n) is 4.11. The number of thioether (sulfide) groups is 1. The molecule has 33 heavy (non-hydrogen) atoms. The van der Waals surface area contributed by atoms with Crippen molar-refractivity contribution in [2.24, 2.45) is 0 Å². The minimum absolute atomic E-state index is 0.285. The van der Waals surface area contributed by atoms with Gasteiger partial charge in [0.1, 0.15) is 11.4 Å². The van der Waals surface area contributed by atoms with Crippen molar-refractivity contribution >= 4 is 28.6 Å². The van der Waals surface area contributed by atoms with Gasteiger partial charge < -0.3 is 5.32 Å². The topological polar surface area (TPSA) is 87.8 Å². The molecule has 2 aromatic carbocycles. The number of benzene rings is 2. The third-order valence-electron chi connectivity index (χ3n) is 6.09. The van der Waals surface area contributed by atoms with Gasteiger partial charge in [0.25, 0.3) is 5.56 Å². The lowest BCUT2D eigenvalue weighted by Gasteiger charge is -2.32. The molecule has 1 aliphatic rings. The number of aromatic nitrogens is 2. The largest absolute Gasteiger partial charge is 0.337 e. The summed E-state index contributed by atoms with van der Waals surface area (Å²) in [6, 6.07) is 13.8. The second kappa shape index (κ2) is 9.36. The number of aryl methyl sites for hydroxylation is 1. The minimum atomic E-state index is -0.847. The molecular weight excluding hydrogens is 439 g/mol. The second-order valence-corrected chi connectivity index (χ2v) is 9.80. The lowest BCUT2D eigenvalue weighted by Crippen LogP contribution is -2.51. The van der Waals surface area contributed by atoms with Crippen LogP contribution in [0.15, 0.2) is 52.4 Å². The predicted octanol–water partition coefficient (Wildman–Crippen LogP) is 4.66. The highest BCUT2D eigenvalue weighted by molar-refractivity contribution is 8.00. The number of halogens is 1. The molecule has 1 unspecified atom stereocenters. The van der Waals surface area contributed by atoms with Crippen molar-refractivity contribution in [2.45, 2.75) is 61.9 Å². The monoisotopic (exact) mass is 464 g/mol. The summed E-state index contributed by atoms with van der Waals surface area (Å²) in [5.74, 6) is -0.713. The first-order valence-corrected chi connectivity index (χ1v) is 11.9. The summed E-state index contributed by atoms with van der Waals surface area (Å²) in [6.07, 6.45) is 4.13. The van der Waals surface area contributed by atoms with Gasteiger partial charge in [-0.05, 0) is 56.5 Å². The Labute approximate surface area is 195 Å². The molecule has 6 nitrogen and oxygen atoms in total. The molecular formula is C25H25FN4O2S. The Kier molecular flexibility index (Phi) is 6.52. The molecule has 1 fully saturated rings. The summed E-state index contributed by atoms with van der Waals surface area (Å²) in [5, 5.41) is 12.7. The molecule has 3 aromatic rings. The van der Waals surface area contributed by atoms with Gasteiger partial charge in [-0.2, -0.15) is 5.26 Å². The van der Waals surface area contributed by atoms with Crippen LogP contribution in [0.25, 0.3) is 16.6 Å². The minimum Gasteiger partial charge on any atom is -0.337 e. The van der Waals surface area contributed by atoms with E-state index in [2.05, 4.69) is 16.4 Å². The normalized spacial score (nSPS) is 16.2. The van der Waals surface area contributed by atoms with Crippen LogP contribution in [-0.2, 0) is 4.79 Å². The van der Waals surface area contributed by atoms with Gasteiger partial charge in [-0.1, -0.05) is 49.2 Å². The lowest BCUT2D eigenvalue weighted by atomic mass is 9.83. The van der Waals surface area contributed by atoms with E-state index in [1.54, 1.807) is 50.2 Å². The Morgan fingerprint density at radius 3 is 2.67 bits per heavy atom. The number of nitrogens with one attached hydrogen (secondary N) is 1. The number of carbonyl (C=O) groups excluding carboxylic acids is 1. The standard InChI is InChI=1S/C25H25FN4O2S/c1-16-10-11-18(14-20(16)26)30-23(32)19-8-4-5-9-21(19)28-24(30)33-17(2)22(31)29-25(15-27)12-6-3-7-13-25/h4-5,8-11,14,17H,3,6-7,12-13H2,1-2H3,(H,29,31). The molecule has 1 heterocycles. The van der Waals surface area contributed by atoms with Crippen LogP contribution in [0.4, 0.5) is 4.39 Å². The number of nitrogens with zero attached hydrogens (tertiary/aromatic N) is 3. The van der Waals surface area contributed by atoms with Crippen molar-refractivity contribution in [2.75, 3.05) is 0 Å². The van der Waals surface area contributed by atoms with Crippen LogP contribution >= 0.6 is 11.8 Å². The maximum atomic E-state index is 14.3. The Bertz CT molecular complexity index is 1310. The van der Waals surface area contributed by atoms with Crippen LogP contribution in [0.3, 0.4) is 0 Å². The van der Waals surface area contributed by atoms with E-state index in [0.29, 0.717) is 40.2 Å². The molecule has 1 amide bonds. The maximum absolute atomic E-state index is 14.3. The molecule has 8 heteroatoms. The fourth-order valence-corrected chi connectivity index (χ4v) is 5.04. The number of amides is 1. The van der Waals surface area contributed by atoms with Gasteiger partial charge in [0.2, 0.25) is 5.91 Å². The molecule has 1 N–H and O–H groups in total. The summed E-state index contributed by atoms with van der Waals surface area (Å²) in [5.41, 5.74) is 0.136. The number of fused-ring (bicyclic) bond motifs is 1. The van der Waals surface area contributed by atoms with Crippen molar-refractivity contribution in [3.8, 4) is 11.8 Å². The summed E-state index contributed by atoms with van der Waals surface area (Å²) in [6.45, 7) is 3.37. The second-order valence-electron chi connectivity index (χ2n) is 8.49. The van der Waals surface area contributed by atoms with Crippen LogP contribution in [0.1, 0.15) is 44.6 Å². The molecule has 0 aliphatic heterocycles. The molecule has 0 bridgehead atoms. The van der Waals surface area contributed by atoms with Crippen LogP contribution in [-0.4, -0.2) is 26.2 Å². The molecule has 4 rings (SSSR count). The Morgan fingerprint density at radius 2 is 1.97 bits per heavy atom. The highest BCUT2D eigenvalue weighted by Crippen LogP contribution is 2.30. The van der Waals surface area contributed by atoms with Crippen molar-refractivity contribution in [1.82, 2.24) is 14.9 Å². The van der Waals surface area contributed by atoms with E-state index in [1.807, 2.05) is 0 Å². The summed E-state index contributed by atoms with van der Waals surface area (Å²) < 4.78 is 15.7. The number of rotatable bonds is 5. The number of carbonyl (C=O) groups is 1. The van der Waals surface area contributed by atoms with Crippen LogP contribution in [0.2, 0.25) is 0 Å². The van der Waals surface area contributed by atoms with Crippen LogP contribution in [0.5, 0.6) is 0 Å². The quantitative estimate of drug-likeness (QED) is 0.438. The number of hydrogen-bond acceptors (Lipinski definition) is 5. The average molecular weight is 465 g/mol. The molecule has 0 radical (unpaired) electrons. The average Bonchev–Trinajstić information content (AvgIpc) is 2.82. The Balaban J connectivity index is 1.72. The molecule has 170 valence electrons. The van der Waals surface area contributed by atoms with Crippen LogP contribution in [0, 0.1) is 24.1 Å². The molecule has 1 atom stereocenters. The fraction of sp³-hybridized carbons (Fsp3) is 0.360. The van der Waals surface area contributed by atoms with E-state index < -0.39 is 16.6 Å². The third-order valence-corrected chi connectivity index (χ3v) is 7.15. The van der Waals surface area contributed by atoms with Gasteiger partial charge in [-0.3, -0.25) is 14.2 Å². The Hall–Kier alpha value is -3.18. The van der Waals surface area contributed by atoms with Crippen molar-refractivity contribution in [3.63, 3.8) is 0 Å². The van der Waals surface area contributed by atoms with E-state index in [-0.39, 0.29) is 11.5 Å². The van der Waals surface area contributed by atoms with Gasteiger partial charge in [0, 0.05) is 0 Å². The zero-order chi connectivity index (χ0) is 23.6. The van der Waals surface area contributed by atoms with Gasteiger partial charge >= 0.3 is 0 Å². The van der Waals surface area contributed by atoms with Crippen molar-refractivity contribution < 1.29 is 9.18 Å². The maximum Gasteiger partial charge on any atom is 0.266 e. The number of hydrogen-bond donors (Lipinski definition) is 1. The highest BCUT2D eigenvalue weighted by Gasteiger charge is 2.35. The first-order valence-electron chi connectivity index (χ1n) is 11.0. The number of nitriles is 1. The summed E-state index contributed by atoms with van der Waals surface area (Å²) in [7, 11) is 0. The van der Waals surface area contributed by atoms with E-state index in [4.69, 9.17) is 0 Å². The van der Waals surface area contributed by atoms with Crippen molar-refractivity contribution in [1.29, 1.82) is 5.26 Å². The van der Waals surface area contributed by atoms with Gasteiger partial charge in [-0.25, -0.2) is 9.37 Å². The van der Waals surface area contributed by atoms with Crippen molar-refractivity contribution in [3.05, 3.63) is 64.2 Å². The first kappa shape index (κ1) is 23.0. The first-order chi connectivity index (χ1) is 15.8. The third kappa shape index (κ3) is 4.64. The predicted molar refractivity (Wildman–Crippen MR) is 127 cm³/mol. The Morgan fingerprint density at radius 1 is 1.24 bits per heavy atom. The molecule has 1 saturated carbocycles. The van der Waals surface area contributed by atoms with E-state index in [9.17, 15) is 19.2 Å². The zero-order valence-corrected chi connectivity index (χ0v) is 19.4. The molecule has 0 saturated heterocycles. The van der Waals surface area contributed by atoms with E-state index in [1.165, 1.54) is 10.6 Å². The molecule has 1 aliphatic carbocycles. The van der Waals surface area contributed by atoms with Gasteiger partial charge in [0.05, 0.1) is 27.9 Å². The summed E-state index contributed by atoms with van der Waals surface area (Å²) >= 11 is 1.12. The lowest BCUT2D eigenvalue weighted by molar-refractivity contribution is -0.121. The smallest absolute Gasteiger partial charge is 0.266 e. The van der Waals surface area contributed by atoms with Gasteiger partial charge in [0.15, 0.2) is 5.16 Å². The number of para-hydroxylation sites is 1. The molecule has 1 aromatic heterocycles. The van der Waals surface area contributed by atoms with E-state index in [0.717, 1.165) is 31.0 Å². The van der Waals surface area contributed by atoms with Gasteiger partial charge in [-0.15, -0.1) is 0 Å². The summed E-state index contributed by atoms with van der Waals surface area (Å²) in [4.78, 5) is 31.0.